The Bertz CT molecular complexity index is 574. The zero-order valence-electron chi connectivity index (χ0n) is 10.6. The summed E-state index contributed by atoms with van der Waals surface area (Å²) >= 11 is 6.26. The van der Waals surface area contributed by atoms with Crippen molar-refractivity contribution in [1.29, 1.82) is 0 Å². The zero-order valence-corrected chi connectivity index (χ0v) is 11.3. The Morgan fingerprint density at radius 3 is 2.79 bits per heavy atom. The maximum atomic E-state index is 6.26. The summed E-state index contributed by atoms with van der Waals surface area (Å²) in [7, 11) is 0. The maximum Gasteiger partial charge on any atom is 0.183 e. The van der Waals surface area contributed by atoms with Gasteiger partial charge in [-0.15, -0.1) is 5.10 Å². The average molecular weight is 278 g/mol. The highest BCUT2D eigenvalue weighted by Crippen LogP contribution is 2.34. The van der Waals surface area contributed by atoms with Crippen LogP contribution in [0.3, 0.4) is 0 Å². The third-order valence-electron chi connectivity index (χ3n) is 3.68. The first-order chi connectivity index (χ1) is 9.27. The molecule has 0 saturated heterocycles. The molecular weight excluding hydrogens is 262 g/mol. The van der Waals surface area contributed by atoms with Gasteiger partial charge < -0.3 is 5.73 Å². The predicted octanol–water partition coefficient (Wildman–Crippen LogP) is 3.08. The first-order valence-electron chi connectivity index (χ1n) is 6.59. The lowest BCUT2D eigenvalue weighted by molar-refractivity contribution is 0.327. The van der Waals surface area contributed by atoms with Gasteiger partial charge >= 0.3 is 0 Å². The monoisotopic (exact) mass is 277 g/mol. The van der Waals surface area contributed by atoms with Crippen molar-refractivity contribution in [2.45, 2.75) is 38.1 Å². The molecular formula is C13H16ClN5. The van der Waals surface area contributed by atoms with Crippen LogP contribution >= 0.6 is 11.6 Å². The van der Waals surface area contributed by atoms with Crippen molar-refractivity contribution in [1.82, 2.24) is 20.2 Å². The lowest BCUT2D eigenvalue weighted by Gasteiger charge is -2.22. The standard InChI is InChI=1S/C13H16ClN5/c14-12-10(7-4-8-11(12)15)13-16-17-18-19(13)9-5-2-1-3-6-9/h4,7-9H,1-3,5-6,15H2. The van der Waals surface area contributed by atoms with Crippen LogP contribution in [0.5, 0.6) is 0 Å². The van der Waals surface area contributed by atoms with E-state index in [0.717, 1.165) is 18.4 Å². The second-order valence-electron chi connectivity index (χ2n) is 4.95. The largest absolute Gasteiger partial charge is 0.398 e. The summed E-state index contributed by atoms with van der Waals surface area (Å²) in [5.74, 6) is 0.712. The fraction of sp³-hybridized carbons (Fsp3) is 0.462. The highest BCUT2D eigenvalue weighted by Gasteiger charge is 2.22. The number of nitrogens with zero attached hydrogens (tertiary/aromatic N) is 4. The van der Waals surface area contributed by atoms with Crippen molar-refractivity contribution >= 4 is 17.3 Å². The molecule has 0 bridgehead atoms. The third-order valence-corrected chi connectivity index (χ3v) is 4.10. The Hall–Kier alpha value is -1.62. The van der Waals surface area contributed by atoms with Gasteiger partial charge in [0, 0.05) is 5.56 Å². The minimum Gasteiger partial charge on any atom is -0.398 e. The summed E-state index contributed by atoms with van der Waals surface area (Å²) in [6.07, 6.45) is 6.01. The van der Waals surface area contributed by atoms with Gasteiger partial charge in [0.05, 0.1) is 16.8 Å². The topological polar surface area (TPSA) is 69.6 Å². The molecule has 1 aliphatic rings. The van der Waals surface area contributed by atoms with Gasteiger partial charge in [-0.3, -0.25) is 0 Å². The van der Waals surface area contributed by atoms with Crippen LogP contribution in [-0.2, 0) is 0 Å². The second-order valence-corrected chi connectivity index (χ2v) is 5.33. The summed E-state index contributed by atoms with van der Waals surface area (Å²) in [4.78, 5) is 0. The third kappa shape index (κ3) is 2.30. The fourth-order valence-electron chi connectivity index (χ4n) is 2.67. The molecule has 1 saturated carbocycles. The van der Waals surface area contributed by atoms with Crippen molar-refractivity contribution in [2.75, 3.05) is 5.73 Å². The first-order valence-corrected chi connectivity index (χ1v) is 6.97. The molecule has 100 valence electrons. The van der Waals surface area contributed by atoms with Crippen LogP contribution < -0.4 is 5.73 Å². The number of anilines is 1. The van der Waals surface area contributed by atoms with E-state index in [1.807, 2.05) is 16.8 Å². The smallest absolute Gasteiger partial charge is 0.183 e. The summed E-state index contributed by atoms with van der Waals surface area (Å²) in [6.45, 7) is 0. The Balaban J connectivity index is 2.01. The number of nitrogen functional groups attached to an aromatic ring is 1. The molecule has 1 aromatic carbocycles. The van der Waals surface area contributed by atoms with Crippen LogP contribution in [0.4, 0.5) is 5.69 Å². The molecule has 0 aliphatic heterocycles. The van der Waals surface area contributed by atoms with Crippen molar-refractivity contribution in [3.05, 3.63) is 23.2 Å². The SMILES string of the molecule is Nc1cccc(-c2nnnn2C2CCCCC2)c1Cl. The van der Waals surface area contributed by atoms with Crippen LogP contribution in [0, 0.1) is 0 Å². The highest BCUT2D eigenvalue weighted by molar-refractivity contribution is 6.35. The van der Waals surface area contributed by atoms with E-state index in [2.05, 4.69) is 15.5 Å². The molecule has 5 nitrogen and oxygen atoms in total. The van der Waals surface area contributed by atoms with Crippen LogP contribution in [0.2, 0.25) is 5.02 Å². The highest BCUT2D eigenvalue weighted by atomic mass is 35.5. The lowest BCUT2D eigenvalue weighted by Crippen LogP contribution is -2.15. The molecule has 2 aromatic rings. The maximum absolute atomic E-state index is 6.26. The number of hydrogen-bond acceptors (Lipinski definition) is 4. The molecule has 0 spiro atoms. The number of hydrogen-bond donors (Lipinski definition) is 1. The zero-order chi connectivity index (χ0) is 13.2. The van der Waals surface area contributed by atoms with Gasteiger partial charge in [-0.2, -0.15) is 0 Å². The van der Waals surface area contributed by atoms with Crippen LogP contribution in [0.25, 0.3) is 11.4 Å². The molecule has 1 aliphatic carbocycles. The van der Waals surface area contributed by atoms with Gasteiger partial charge in [0.25, 0.3) is 0 Å². The summed E-state index contributed by atoms with van der Waals surface area (Å²) < 4.78 is 1.90. The number of halogens is 1. The number of rotatable bonds is 2. The van der Waals surface area contributed by atoms with Crippen molar-refractivity contribution in [3.8, 4) is 11.4 Å². The average Bonchev–Trinajstić information content (AvgIpc) is 2.92. The number of benzene rings is 1. The minimum atomic E-state index is 0.372. The van der Waals surface area contributed by atoms with E-state index in [4.69, 9.17) is 17.3 Å². The summed E-state index contributed by atoms with van der Waals surface area (Å²) in [5.41, 5.74) is 7.20. The van der Waals surface area contributed by atoms with Gasteiger partial charge in [-0.25, -0.2) is 4.68 Å². The van der Waals surface area contributed by atoms with Crippen LogP contribution in [0.15, 0.2) is 18.2 Å². The van der Waals surface area contributed by atoms with E-state index in [1.54, 1.807) is 6.07 Å². The van der Waals surface area contributed by atoms with Crippen LogP contribution in [-0.4, -0.2) is 20.2 Å². The number of aromatic nitrogens is 4. The van der Waals surface area contributed by atoms with E-state index >= 15 is 0 Å². The summed E-state index contributed by atoms with van der Waals surface area (Å²) in [5, 5.41) is 12.6. The van der Waals surface area contributed by atoms with Gasteiger partial charge in [0.1, 0.15) is 0 Å². The quantitative estimate of drug-likeness (QED) is 0.857. The predicted molar refractivity (Wildman–Crippen MR) is 74.8 cm³/mol. The molecule has 2 N–H and O–H groups in total. The molecule has 1 fully saturated rings. The molecule has 3 rings (SSSR count). The Morgan fingerprint density at radius 1 is 1.21 bits per heavy atom. The fourth-order valence-corrected chi connectivity index (χ4v) is 2.88. The molecule has 0 amide bonds. The van der Waals surface area contributed by atoms with E-state index < -0.39 is 0 Å². The molecule has 0 atom stereocenters. The van der Waals surface area contributed by atoms with Gasteiger partial charge in [0.2, 0.25) is 0 Å². The second kappa shape index (κ2) is 5.17. The van der Waals surface area contributed by atoms with Crippen molar-refractivity contribution in [3.63, 3.8) is 0 Å². The van der Waals surface area contributed by atoms with Gasteiger partial charge in [0.15, 0.2) is 5.82 Å². The van der Waals surface area contributed by atoms with Gasteiger partial charge in [-0.05, 0) is 35.4 Å². The molecule has 0 unspecified atom stereocenters. The van der Waals surface area contributed by atoms with E-state index in [0.29, 0.717) is 22.6 Å². The van der Waals surface area contributed by atoms with Crippen molar-refractivity contribution < 1.29 is 0 Å². The van der Waals surface area contributed by atoms with Gasteiger partial charge in [-0.1, -0.05) is 36.9 Å². The Morgan fingerprint density at radius 2 is 2.00 bits per heavy atom. The molecule has 0 radical (unpaired) electrons. The van der Waals surface area contributed by atoms with Crippen molar-refractivity contribution in [2.24, 2.45) is 0 Å². The van der Waals surface area contributed by atoms with E-state index in [9.17, 15) is 0 Å². The normalized spacial score (nSPS) is 16.7. The van der Waals surface area contributed by atoms with Crippen LogP contribution in [0.1, 0.15) is 38.1 Å². The Kier molecular flexibility index (Phi) is 3.38. The lowest BCUT2D eigenvalue weighted by atomic mass is 9.95. The Labute approximate surface area is 116 Å². The number of tetrazole rings is 1. The number of nitrogens with two attached hydrogens (primary N) is 1. The van der Waals surface area contributed by atoms with E-state index in [1.165, 1.54) is 19.3 Å². The first kappa shape index (κ1) is 12.4. The molecule has 1 heterocycles. The molecule has 19 heavy (non-hydrogen) atoms. The van der Waals surface area contributed by atoms with E-state index in [-0.39, 0.29) is 0 Å². The summed E-state index contributed by atoms with van der Waals surface area (Å²) in [6, 6.07) is 5.93. The minimum absolute atomic E-state index is 0.372. The molecule has 6 heteroatoms. The molecule has 1 aromatic heterocycles.